The molecule has 0 aliphatic heterocycles. The van der Waals surface area contributed by atoms with Gasteiger partial charge < -0.3 is 25.3 Å². The lowest BCUT2D eigenvalue weighted by Gasteiger charge is -2.35. The molecule has 1 saturated carbocycles. The minimum atomic E-state index is -0.550. The lowest BCUT2D eigenvalue weighted by Crippen LogP contribution is -2.32. The maximum Gasteiger partial charge on any atom is 0.345 e. The van der Waals surface area contributed by atoms with Gasteiger partial charge in [-0.05, 0) is 37.0 Å². The number of nitrogens with one attached hydrogen (secondary N) is 1. The predicted octanol–water partition coefficient (Wildman–Crippen LogP) is 3.76. The zero-order valence-electron chi connectivity index (χ0n) is 16.2. The molecular weight excluding hydrogens is 358 g/mol. The molecule has 146 valence electrons. The summed E-state index contributed by atoms with van der Waals surface area (Å²) in [6.07, 6.45) is 2.78. The average Bonchev–Trinajstić information content (AvgIpc) is 2.68. The summed E-state index contributed by atoms with van der Waals surface area (Å²) in [4.78, 5) is 12.0. The molecule has 0 heterocycles. The van der Waals surface area contributed by atoms with Crippen LogP contribution >= 0.6 is 0 Å². The topological polar surface area (TPSA) is 107 Å². The van der Waals surface area contributed by atoms with E-state index < -0.39 is 11.4 Å². The fourth-order valence-electron chi connectivity index (χ4n) is 3.41. The summed E-state index contributed by atoms with van der Waals surface area (Å²) in [7, 11) is 4.23. The number of nitrogens with two attached hydrogens (primary N) is 1. The van der Waals surface area contributed by atoms with Gasteiger partial charge in [0, 0.05) is 17.8 Å². The van der Waals surface area contributed by atoms with E-state index in [4.69, 9.17) is 19.9 Å². The minimum absolute atomic E-state index is 0.210. The number of carbonyl (C=O) groups excluding carboxylic acids is 1. The molecular formula is C21H23N3O4. The number of carbonyl (C=O) groups is 1. The van der Waals surface area contributed by atoms with Gasteiger partial charge >= 0.3 is 5.97 Å². The highest BCUT2D eigenvalue weighted by Crippen LogP contribution is 2.44. The Hall–Kier alpha value is -3.40. The van der Waals surface area contributed by atoms with Gasteiger partial charge in [0.1, 0.15) is 17.1 Å². The Morgan fingerprint density at radius 2 is 1.79 bits per heavy atom. The van der Waals surface area contributed by atoms with Crippen molar-refractivity contribution in [3.05, 3.63) is 41.5 Å². The lowest BCUT2D eigenvalue weighted by molar-refractivity contribution is 0.0593. The molecule has 2 aromatic rings. The van der Waals surface area contributed by atoms with Gasteiger partial charge in [-0.3, -0.25) is 0 Å². The fraction of sp³-hybridized carbons (Fsp3) is 0.333. The zero-order valence-corrected chi connectivity index (χ0v) is 16.2. The standard InChI is InChI=1S/C21H23N3O4/c1-26-17-10-14(11-18(27-2)19(17)20(25)28-3)24-16-6-5-13(9-15(16)23)21(12-22)7-4-8-21/h5-6,9-11,24H,4,7-8,23H2,1-3H3. The number of nitrogen functional groups attached to an aromatic ring is 1. The third-order valence-corrected chi connectivity index (χ3v) is 5.20. The predicted molar refractivity (Wildman–Crippen MR) is 106 cm³/mol. The molecule has 0 aromatic heterocycles. The molecule has 2 aromatic carbocycles. The molecule has 3 rings (SSSR count). The molecule has 7 nitrogen and oxygen atoms in total. The number of hydrogen-bond acceptors (Lipinski definition) is 7. The molecule has 1 aliphatic rings. The number of benzene rings is 2. The highest BCUT2D eigenvalue weighted by molar-refractivity contribution is 5.96. The molecule has 7 heteroatoms. The first-order valence-electron chi connectivity index (χ1n) is 8.90. The Morgan fingerprint density at radius 1 is 1.14 bits per heavy atom. The quantitative estimate of drug-likeness (QED) is 0.579. The van der Waals surface area contributed by atoms with Crippen molar-refractivity contribution in [2.75, 3.05) is 32.4 Å². The smallest absolute Gasteiger partial charge is 0.345 e. The van der Waals surface area contributed by atoms with Crippen LogP contribution in [0.5, 0.6) is 11.5 Å². The number of methoxy groups -OCH3 is 3. The van der Waals surface area contributed by atoms with E-state index in [0.29, 0.717) is 28.6 Å². The molecule has 3 N–H and O–H groups in total. The van der Waals surface area contributed by atoms with Crippen molar-refractivity contribution in [1.82, 2.24) is 0 Å². The number of nitrogens with zero attached hydrogens (tertiary/aromatic N) is 1. The van der Waals surface area contributed by atoms with Crippen LogP contribution in [-0.2, 0) is 10.2 Å². The van der Waals surface area contributed by atoms with Gasteiger partial charge in [-0.15, -0.1) is 0 Å². The Bertz CT molecular complexity index is 920. The highest BCUT2D eigenvalue weighted by Gasteiger charge is 2.39. The SMILES string of the molecule is COC(=O)c1c(OC)cc(Nc2ccc(C3(C#N)CCC3)cc2N)cc1OC. The first kappa shape index (κ1) is 19.4. The zero-order chi connectivity index (χ0) is 20.3. The Morgan fingerprint density at radius 3 is 2.21 bits per heavy atom. The largest absolute Gasteiger partial charge is 0.496 e. The van der Waals surface area contributed by atoms with Crippen LogP contribution in [0.3, 0.4) is 0 Å². The van der Waals surface area contributed by atoms with Crippen molar-refractivity contribution in [2.24, 2.45) is 0 Å². The first-order valence-corrected chi connectivity index (χ1v) is 8.90. The Kier molecular flexibility index (Phi) is 5.32. The van der Waals surface area contributed by atoms with Crippen LogP contribution in [0, 0.1) is 11.3 Å². The van der Waals surface area contributed by atoms with E-state index >= 15 is 0 Å². The second-order valence-electron chi connectivity index (χ2n) is 6.72. The Labute approximate surface area is 164 Å². The van der Waals surface area contributed by atoms with E-state index in [1.54, 1.807) is 12.1 Å². The van der Waals surface area contributed by atoms with Crippen molar-refractivity contribution in [3.63, 3.8) is 0 Å². The summed E-state index contributed by atoms with van der Waals surface area (Å²) in [5, 5.41) is 12.7. The van der Waals surface area contributed by atoms with Crippen LogP contribution in [-0.4, -0.2) is 27.3 Å². The second-order valence-corrected chi connectivity index (χ2v) is 6.72. The minimum Gasteiger partial charge on any atom is -0.496 e. The van der Waals surface area contributed by atoms with Gasteiger partial charge in [-0.25, -0.2) is 4.79 Å². The van der Waals surface area contributed by atoms with Crippen LogP contribution in [0.2, 0.25) is 0 Å². The third-order valence-electron chi connectivity index (χ3n) is 5.20. The van der Waals surface area contributed by atoms with Crippen LogP contribution in [0.1, 0.15) is 35.2 Å². The van der Waals surface area contributed by atoms with Crippen LogP contribution in [0.25, 0.3) is 0 Å². The Balaban J connectivity index is 1.94. The number of ether oxygens (including phenoxy) is 3. The number of rotatable bonds is 6. The number of nitriles is 1. The van der Waals surface area contributed by atoms with Crippen molar-refractivity contribution >= 4 is 23.0 Å². The maximum absolute atomic E-state index is 12.0. The molecule has 0 spiro atoms. The van der Waals surface area contributed by atoms with Crippen molar-refractivity contribution < 1.29 is 19.0 Å². The van der Waals surface area contributed by atoms with Gasteiger partial charge in [-0.2, -0.15) is 5.26 Å². The van der Waals surface area contributed by atoms with Crippen molar-refractivity contribution in [3.8, 4) is 17.6 Å². The van der Waals surface area contributed by atoms with Gasteiger partial charge in [-0.1, -0.05) is 6.07 Å². The molecule has 0 radical (unpaired) electrons. The van der Waals surface area contributed by atoms with E-state index in [1.165, 1.54) is 21.3 Å². The number of esters is 1. The molecule has 1 fully saturated rings. The van der Waals surface area contributed by atoms with Crippen molar-refractivity contribution in [2.45, 2.75) is 24.7 Å². The van der Waals surface area contributed by atoms with Gasteiger partial charge in [0.25, 0.3) is 0 Å². The van der Waals surface area contributed by atoms with E-state index in [2.05, 4.69) is 11.4 Å². The third kappa shape index (κ3) is 3.29. The molecule has 0 amide bonds. The fourth-order valence-corrected chi connectivity index (χ4v) is 3.41. The first-order chi connectivity index (χ1) is 13.5. The summed E-state index contributed by atoms with van der Waals surface area (Å²) in [5.74, 6) is 0.0926. The normalized spacial score (nSPS) is 14.4. The van der Waals surface area contributed by atoms with Crippen LogP contribution < -0.4 is 20.5 Å². The summed E-state index contributed by atoms with van der Waals surface area (Å²) in [6, 6.07) is 11.4. The van der Waals surface area contributed by atoms with Gasteiger partial charge in [0.05, 0.1) is 44.2 Å². The van der Waals surface area contributed by atoms with Gasteiger partial charge in [0.2, 0.25) is 0 Å². The molecule has 0 unspecified atom stereocenters. The summed E-state index contributed by atoms with van der Waals surface area (Å²) in [5.41, 5.74) is 8.83. The summed E-state index contributed by atoms with van der Waals surface area (Å²) in [6.45, 7) is 0. The average molecular weight is 381 g/mol. The monoisotopic (exact) mass is 381 g/mol. The molecule has 28 heavy (non-hydrogen) atoms. The van der Waals surface area contributed by atoms with Crippen LogP contribution in [0.15, 0.2) is 30.3 Å². The van der Waals surface area contributed by atoms with E-state index in [0.717, 1.165) is 24.8 Å². The molecule has 1 aliphatic carbocycles. The summed E-state index contributed by atoms with van der Waals surface area (Å²) < 4.78 is 15.5. The number of anilines is 3. The molecule has 0 atom stereocenters. The van der Waals surface area contributed by atoms with E-state index in [1.807, 2.05) is 18.2 Å². The molecule has 0 bridgehead atoms. The van der Waals surface area contributed by atoms with E-state index in [9.17, 15) is 10.1 Å². The summed E-state index contributed by atoms with van der Waals surface area (Å²) >= 11 is 0. The highest BCUT2D eigenvalue weighted by atomic mass is 16.5. The molecule has 0 saturated heterocycles. The number of hydrogen-bond donors (Lipinski definition) is 2. The van der Waals surface area contributed by atoms with Crippen molar-refractivity contribution in [1.29, 1.82) is 5.26 Å². The lowest BCUT2D eigenvalue weighted by atomic mass is 9.65. The van der Waals surface area contributed by atoms with Crippen LogP contribution in [0.4, 0.5) is 17.1 Å². The van der Waals surface area contributed by atoms with E-state index in [-0.39, 0.29) is 5.56 Å². The maximum atomic E-state index is 12.0. The second kappa shape index (κ2) is 7.69. The van der Waals surface area contributed by atoms with Gasteiger partial charge in [0.15, 0.2) is 0 Å².